The maximum absolute atomic E-state index is 13.0. The lowest BCUT2D eigenvalue weighted by Gasteiger charge is -2.33. The molecule has 0 aliphatic carbocycles. The first kappa shape index (κ1) is 23.9. The number of aromatic nitrogens is 3. The summed E-state index contributed by atoms with van der Waals surface area (Å²) in [6.07, 6.45) is 0.690. The number of carbonyl (C=O) groups excluding carboxylic acids is 1. The van der Waals surface area contributed by atoms with Gasteiger partial charge in [-0.1, -0.05) is 30.7 Å². The number of nitrogens with one attached hydrogen (secondary N) is 1. The average molecular weight is 490 g/mol. The van der Waals surface area contributed by atoms with Gasteiger partial charge in [-0.2, -0.15) is 13.2 Å². The lowest BCUT2D eigenvalue weighted by Crippen LogP contribution is -2.44. The van der Waals surface area contributed by atoms with Gasteiger partial charge in [-0.3, -0.25) is 9.78 Å². The zero-order valence-electron chi connectivity index (χ0n) is 18.4. The quantitative estimate of drug-likeness (QED) is 0.521. The van der Waals surface area contributed by atoms with Gasteiger partial charge < -0.3 is 10.2 Å². The highest BCUT2D eigenvalue weighted by molar-refractivity contribution is 6.33. The number of hydrogen-bond donors (Lipinski definition) is 1. The van der Waals surface area contributed by atoms with Crippen LogP contribution in [0, 0.1) is 0 Å². The maximum Gasteiger partial charge on any atom is 0.416 e. The molecule has 10 heteroatoms. The number of alkyl halides is 3. The Balaban J connectivity index is 1.66. The first-order valence-electron chi connectivity index (χ1n) is 11.0. The van der Waals surface area contributed by atoms with Crippen LogP contribution in [0.1, 0.15) is 31.7 Å². The predicted molar refractivity (Wildman–Crippen MR) is 124 cm³/mol. The van der Waals surface area contributed by atoms with Gasteiger partial charge in [0.1, 0.15) is 5.69 Å². The molecular weight excluding hydrogens is 467 g/mol. The number of rotatable bonds is 5. The van der Waals surface area contributed by atoms with Crippen molar-refractivity contribution in [3.8, 4) is 22.4 Å². The van der Waals surface area contributed by atoms with Crippen LogP contribution in [0.15, 0.2) is 48.8 Å². The minimum absolute atomic E-state index is 0.0359. The molecule has 178 valence electrons. The van der Waals surface area contributed by atoms with Gasteiger partial charge in [0.2, 0.25) is 5.91 Å². The van der Waals surface area contributed by atoms with Crippen molar-refractivity contribution in [1.82, 2.24) is 20.5 Å². The van der Waals surface area contributed by atoms with Gasteiger partial charge in [0.15, 0.2) is 5.82 Å². The second-order valence-electron chi connectivity index (χ2n) is 8.08. The molecule has 0 spiro atoms. The summed E-state index contributed by atoms with van der Waals surface area (Å²) in [4.78, 5) is 17.8. The molecule has 3 aromatic rings. The molecule has 2 aromatic heterocycles. The molecule has 0 radical (unpaired) electrons. The number of nitrogens with zero attached hydrogens (tertiary/aromatic N) is 4. The normalized spacial score (nSPS) is 14.8. The van der Waals surface area contributed by atoms with E-state index in [1.54, 1.807) is 12.3 Å². The molecule has 0 atom stereocenters. The van der Waals surface area contributed by atoms with Gasteiger partial charge >= 0.3 is 6.18 Å². The molecule has 4 rings (SSSR count). The molecule has 3 heterocycles. The van der Waals surface area contributed by atoms with Crippen LogP contribution in [0.3, 0.4) is 0 Å². The van der Waals surface area contributed by atoms with Crippen molar-refractivity contribution < 1.29 is 18.0 Å². The fraction of sp³-hybridized carbons (Fsp3) is 0.333. The summed E-state index contributed by atoms with van der Waals surface area (Å²) >= 11 is 6.41. The van der Waals surface area contributed by atoms with Crippen LogP contribution in [0.25, 0.3) is 22.4 Å². The lowest BCUT2D eigenvalue weighted by molar-refractivity contribution is -0.137. The number of halogens is 4. The van der Waals surface area contributed by atoms with E-state index in [9.17, 15) is 18.0 Å². The molecular formula is C24H23ClF3N5O. The molecule has 1 N–H and O–H groups in total. The summed E-state index contributed by atoms with van der Waals surface area (Å²) in [7, 11) is 0. The SMILES string of the molecule is CCC(=O)NC1CCN(c2cc(-c3ccncc3Cl)c(-c3ccc(C(F)(F)F)cc3)nn2)CC1. The monoisotopic (exact) mass is 489 g/mol. The van der Waals surface area contributed by atoms with Gasteiger partial charge in [-0.15, -0.1) is 10.2 Å². The van der Waals surface area contributed by atoms with Crippen molar-refractivity contribution in [2.75, 3.05) is 18.0 Å². The smallest absolute Gasteiger partial charge is 0.355 e. The second-order valence-corrected chi connectivity index (χ2v) is 8.49. The Hall–Kier alpha value is -3.20. The topological polar surface area (TPSA) is 71.0 Å². The number of benzene rings is 1. The molecule has 0 unspecified atom stereocenters. The van der Waals surface area contributed by atoms with Crippen LogP contribution in [0.2, 0.25) is 5.02 Å². The minimum atomic E-state index is -4.42. The summed E-state index contributed by atoms with van der Waals surface area (Å²) in [6.45, 7) is 3.20. The van der Waals surface area contributed by atoms with Crippen molar-refractivity contribution in [3.63, 3.8) is 0 Å². The van der Waals surface area contributed by atoms with Crippen molar-refractivity contribution in [3.05, 3.63) is 59.4 Å². The standard InChI is InChI=1S/C24H23ClF3N5O/c1-2-22(34)30-17-8-11-33(12-9-17)21-13-19(18-7-10-29-14-20(18)25)23(32-31-21)15-3-5-16(6-4-15)24(26,27)28/h3-7,10,13-14,17H,2,8-9,11-12H2,1H3,(H,30,34). The second kappa shape index (κ2) is 9.97. The van der Waals surface area contributed by atoms with Gasteiger partial charge in [0.05, 0.1) is 10.6 Å². The highest BCUT2D eigenvalue weighted by Crippen LogP contribution is 2.37. The van der Waals surface area contributed by atoms with Crippen molar-refractivity contribution >= 4 is 23.3 Å². The van der Waals surface area contributed by atoms with Crippen LogP contribution >= 0.6 is 11.6 Å². The van der Waals surface area contributed by atoms with Gasteiger partial charge in [0.25, 0.3) is 0 Å². The average Bonchev–Trinajstić information content (AvgIpc) is 2.84. The first-order chi connectivity index (χ1) is 16.3. The van der Waals surface area contributed by atoms with Crippen LogP contribution in [0.5, 0.6) is 0 Å². The number of anilines is 1. The fourth-order valence-electron chi connectivity index (χ4n) is 3.95. The number of hydrogen-bond acceptors (Lipinski definition) is 5. The summed E-state index contributed by atoms with van der Waals surface area (Å²) in [5, 5.41) is 12.2. The summed E-state index contributed by atoms with van der Waals surface area (Å²) in [6, 6.07) is 8.53. The highest BCUT2D eigenvalue weighted by Gasteiger charge is 2.30. The Morgan fingerprint density at radius 2 is 1.82 bits per heavy atom. The van der Waals surface area contributed by atoms with Crippen LogP contribution in [-0.2, 0) is 11.0 Å². The Kier molecular flexibility index (Phi) is 7.02. The number of amides is 1. The van der Waals surface area contributed by atoms with Crippen molar-refractivity contribution in [1.29, 1.82) is 0 Å². The van der Waals surface area contributed by atoms with Crippen molar-refractivity contribution in [2.24, 2.45) is 0 Å². The Morgan fingerprint density at radius 3 is 2.44 bits per heavy atom. The third-order valence-electron chi connectivity index (χ3n) is 5.83. The molecule has 0 bridgehead atoms. The third kappa shape index (κ3) is 5.30. The minimum Gasteiger partial charge on any atom is -0.355 e. The molecule has 6 nitrogen and oxygen atoms in total. The Labute approximate surface area is 200 Å². The largest absolute Gasteiger partial charge is 0.416 e. The van der Waals surface area contributed by atoms with Gasteiger partial charge in [-0.05, 0) is 37.1 Å². The van der Waals surface area contributed by atoms with Crippen LogP contribution in [-0.4, -0.2) is 40.2 Å². The van der Waals surface area contributed by atoms with Crippen LogP contribution < -0.4 is 10.2 Å². The molecule has 1 aliphatic rings. The van der Waals surface area contributed by atoms with E-state index in [0.29, 0.717) is 52.7 Å². The Morgan fingerprint density at radius 1 is 1.12 bits per heavy atom. The van der Waals surface area contributed by atoms with Gasteiger partial charge in [0, 0.05) is 54.6 Å². The van der Waals surface area contributed by atoms with E-state index in [2.05, 4.69) is 25.4 Å². The molecule has 1 amide bonds. The lowest BCUT2D eigenvalue weighted by atomic mass is 9.99. The molecule has 1 fully saturated rings. The third-order valence-corrected chi connectivity index (χ3v) is 6.14. The predicted octanol–water partition coefficient (Wildman–Crippen LogP) is 5.37. The summed E-state index contributed by atoms with van der Waals surface area (Å²) < 4.78 is 39.0. The van der Waals surface area contributed by atoms with E-state index < -0.39 is 11.7 Å². The molecule has 1 aromatic carbocycles. The summed E-state index contributed by atoms with van der Waals surface area (Å²) in [5.41, 5.74) is 1.50. The molecule has 34 heavy (non-hydrogen) atoms. The molecule has 1 saturated heterocycles. The zero-order valence-corrected chi connectivity index (χ0v) is 19.2. The van der Waals surface area contributed by atoms with E-state index in [1.807, 2.05) is 13.0 Å². The first-order valence-corrected chi connectivity index (χ1v) is 11.3. The fourth-order valence-corrected chi connectivity index (χ4v) is 4.17. The van der Waals surface area contributed by atoms with Gasteiger partial charge in [-0.25, -0.2) is 0 Å². The summed E-state index contributed by atoms with van der Waals surface area (Å²) in [5.74, 6) is 0.674. The number of piperidine rings is 1. The van der Waals surface area contributed by atoms with E-state index in [4.69, 9.17) is 11.6 Å². The highest BCUT2D eigenvalue weighted by atomic mass is 35.5. The Bertz CT molecular complexity index is 1160. The van der Waals surface area contributed by atoms with E-state index in [1.165, 1.54) is 18.3 Å². The number of pyridine rings is 1. The van der Waals surface area contributed by atoms with E-state index in [0.717, 1.165) is 25.0 Å². The number of carbonyl (C=O) groups is 1. The van der Waals surface area contributed by atoms with E-state index >= 15 is 0 Å². The van der Waals surface area contributed by atoms with Crippen LogP contribution in [0.4, 0.5) is 19.0 Å². The maximum atomic E-state index is 13.0. The molecule has 1 aliphatic heterocycles. The van der Waals surface area contributed by atoms with Crippen molar-refractivity contribution in [2.45, 2.75) is 38.4 Å². The van der Waals surface area contributed by atoms with E-state index in [-0.39, 0.29) is 11.9 Å². The molecule has 0 saturated carbocycles. The zero-order chi connectivity index (χ0) is 24.3.